The molecule has 0 unspecified atom stereocenters. The highest BCUT2D eigenvalue weighted by Crippen LogP contribution is 2.19. The van der Waals surface area contributed by atoms with Crippen LogP contribution < -0.4 is 4.90 Å². The van der Waals surface area contributed by atoms with Crippen molar-refractivity contribution < 1.29 is 14.6 Å². The molecule has 2 heterocycles. The smallest absolute Gasteiger partial charge is 0.329 e. The molecule has 0 saturated carbocycles. The van der Waals surface area contributed by atoms with Crippen molar-refractivity contribution in [2.45, 2.75) is 18.9 Å². The maximum atomic E-state index is 10.4. The summed E-state index contributed by atoms with van der Waals surface area (Å²) >= 11 is 2.12. The minimum atomic E-state index is -0.916. The average Bonchev–Trinajstić information content (AvgIpc) is 2.38. The number of anilines is 1. The monoisotopic (exact) mass is 363 g/mol. The lowest BCUT2D eigenvalue weighted by Gasteiger charge is -2.32. The molecule has 0 aromatic carbocycles. The second-order valence-corrected chi connectivity index (χ2v) is 5.21. The van der Waals surface area contributed by atoms with E-state index in [1.807, 2.05) is 12.1 Å². The van der Waals surface area contributed by atoms with E-state index >= 15 is 0 Å². The molecule has 1 aliphatic rings. The van der Waals surface area contributed by atoms with Crippen LogP contribution in [0.15, 0.2) is 12.1 Å². The summed E-state index contributed by atoms with van der Waals surface area (Å²) in [5.41, 5.74) is 0. The van der Waals surface area contributed by atoms with Crippen molar-refractivity contribution in [3.63, 3.8) is 0 Å². The topological polar surface area (TPSA) is 75.6 Å². The van der Waals surface area contributed by atoms with Crippen LogP contribution in [0.2, 0.25) is 0 Å². The van der Waals surface area contributed by atoms with E-state index in [-0.39, 0.29) is 12.7 Å². The van der Waals surface area contributed by atoms with Gasteiger partial charge in [-0.3, -0.25) is 0 Å². The molecule has 98 valence electrons. The maximum absolute atomic E-state index is 10.4. The van der Waals surface area contributed by atoms with Crippen LogP contribution in [0.25, 0.3) is 0 Å². The summed E-state index contributed by atoms with van der Waals surface area (Å²) in [5.74, 6) is -0.0481. The van der Waals surface area contributed by atoms with E-state index < -0.39 is 5.97 Å². The molecule has 1 aliphatic heterocycles. The highest BCUT2D eigenvalue weighted by atomic mass is 127. The van der Waals surface area contributed by atoms with E-state index in [9.17, 15) is 4.79 Å². The van der Waals surface area contributed by atoms with E-state index in [0.717, 1.165) is 35.4 Å². The number of halogens is 1. The van der Waals surface area contributed by atoms with Crippen molar-refractivity contribution in [3.8, 4) is 0 Å². The Hall–Kier alpha value is -0.960. The summed E-state index contributed by atoms with van der Waals surface area (Å²) in [6, 6.07) is 3.88. The standard InChI is InChI=1S/C11H14IN3O3/c12-9-1-2-10(14-13-9)15-5-3-8(4-6-15)18-7-11(16)17/h1-2,8H,3-7H2,(H,16,17). The summed E-state index contributed by atoms with van der Waals surface area (Å²) in [6.07, 6.45) is 1.68. The molecule has 0 aliphatic carbocycles. The third-order valence-corrected chi connectivity index (χ3v) is 3.40. The summed E-state index contributed by atoms with van der Waals surface area (Å²) in [6.45, 7) is 1.42. The molecule has 0 atom stereocenters. The number of hydrogen-bond donors (Lipinski definition) is 1. The van der Waals surface area contributed by atoms with Crippen molar-refractivity contribution >= 4 is 34.4 Å². The van der Waals surface area contributed by atoms with Crippen LogP contribution in [0.4, 0.5) is 5.82 Å². The Balaban J connectivity index is 1.83. The van der Waals surface area contributed by atoms with Crippen molar-refractivity contribution in [3.05, 3.63) is 15.8 Å². The van der Waals surface area contributed by atoms with Gasteiger partial charge in [0, 0.05) is 13.1 Å². The molecular weight excluding hydrogens is 349 g/mol. The first-order chi connectivity index (χ1) is 8.65. The minimum Gasteiger partial charge on any atom is -0.480 e. The average molecular weight is 363 g/mol. The fraction of sp³-hybridized carbons (Fsp3) is 0.545. The Kier molecular flexibility index (Phi) is 4.70. The number of aliphatic carboxylic acids is 1. The molecule has 0 amide bonds. The van der Waals surface area contributed by atoms with Crippen LogP contribution >= 0.6 is 22.6 Å². The molecule has 6 nitrogen and oxygen atoms in total. The lowest BCUT2D eigenvalue weighted by molar-refractivity contribution is -0.144. The van der Waals surface area contributed by atoms with Crippen LogP contribution in [0.1, 0.15) is 12.8 Å². The molecular formula is C11H14IN3O3. The zero-order valence-corrected chi connectivity index (χ0v) is 11.9. The Bertz CT molecular complexity index is 404. The molecule has 18 heavy (non-hydrogen) atoms. The van der Waals surface area contributed by atoms with Crippen molar-refractivity contribution in [1.29, 1.82) is 0 Å². The quantitative estimate of drug-likeness (QED) is 0.809. The number of nitrogens with zero attached hydrogens (tertiary/aromatic N) is 3. The van der Waals surface area contributed by atoms with Gasteiger partial charge < -0.3 is 14.7 Å². The molecule has 7 heteroatoms. The van der Waals surface area contributed by atoms with Crippen molar-refractivity contribution in [1.82, 2.24) is 10.2 Å². The first-order valence-corrected chi connectivity index (χ1v) is 6.80. The Morgan fingerprint density at radius 3 is 2.72 bits per heavy atom. The van der Waals surface area contributed by atoms with Gasteiger partial charge in [0.2, 0.25) is 0 Å². The van der Waals surface area contributed by atoms with Gasteiger partial charge in [-0.05, 0) is 47.6 Å². The van der Waals surface area contributed by atoms with Crippen molar-refractivity contribution in [2.24, 2.45) is 0 Å². The highest BCUT2D eigenvalue weighted by Gasteiger charge is 2.21. The Morgan fingerprint density at radius 2 is 2.17 bits per heavy atom. The normalized spacial score (nSPS) is 16.8. The third kappa shape index (κ3) is 3.77. The third-order valence-electron chi connectivity index (χ3n) is 2.83. The summed E-state index contributed by atoms with van der Waals surface area (Å²) < 4.78 is 6.16. The van der Waals surface area contributed by atoms with Crippen LogP contribution in [0.5, 0.6) is 0 Å². The summed E-state index contributed by atoms with van der Waals surface area (Å²) in [7, 11) is 0. The fourth-order valence-corrected chi connectivity index (χ4v) is 2.21. The number of carbonyl (C=O) groups is 1. The van der Waals surface area contributed by atoms with Crippen LogP contribution in [0.3, 0.4) is 0 Å². The molecule has 0 radical (unpaired) electrons. The van der Waals surface area contributed by atoms with Gasteiger partial charge in [0.1, 0.15) is 10.3 Å². The van der Waals surface area contributed by atoms with E-state index in [2.05, 4.69) is 37.7 Å². The van der Waals surface area contributed by atoms with E-state index in [0.29, 0.717) is 0 Å². The summed E-state index contributed by atoms with van der Waals surface area (Å²) in [4.78, 5) is 12.5. The fourth-order valence-electron chi connectivity index (χ4n) is 1.92. The molecule has 1 aromatic rings. The molecule has 1 aromatic heterocycles. The van der Waals surface area contributed by atoms with Crippen LogP contribution in [0, 0.1) is 3.70 Å². The molecule has 1 saturated heterocycles. The predicted molar refractivity (Wildman–Crippen MR) is 73.6 cm³/mol. The molecule has 2 rings (SSSR count). The summed E-state index contributed by atoms with van der Waals surface area (Å²) in [5, 5.41) is 16.7. The number of ether oxygens (including phenoxy) is 1. The van der Waals surface area contributed by atoms with E-state index in [4.69, 9.17) is 9.84 Å². The number of carboxylic acids is 1. The number of aromatic nitrogens is 2. The van der Waals surface area contributed by atoms with Gasteiger partial charge in [-0.1, -0.05) is 0 Å². The van der Waals surface area contributed by atoms with Crippen molar-refractivity contribution in [2.75, 3.05) is 24.6 Å². The molecule has 1 N–H and O–H groups in total. The van der Waals surface area contributed by atoms with E-state index in [1.165, 1.54) is 0 Å². The maximum Gasteiger partial charge on any atom is 0.329 e. The molecule has 1 fully saturated rings. The number of rotatable bonds is 4. The lowest BCUT2D eigenvalue weighted by atomic mass is 10.1. The molecule has 0 bridgehead atoms. The van der Waals surface area contributed by atoms with Crippen LogP contribution in [-0.2, 0) is 9.53 Å². The SMILES string of the molecule is O=C(O)COC1CCN(c2ccc(I)nn2)CC1. The zero-order valence-electron chi connectivity index (χ0n) is 9.75. The van der Waals surface area contributed by atoms with Crippen LogP contribution in [-0.4, -0.2) is 47.1 Å². The zero-order chi connectivity index (χ0) is 13.0. The van der Waals surface area contributed by atoms with Gasteiger partial charge in [-0.15, -0.1) is 10.2 Å². The van der Waals surface area contributed by atoms with Gasteiger partial charge in [0.15, 0.2) is 5.82 Å². The van der Waals surface area contributed by atoms with Gasteiger partial charge in [-0.2, -0.15) is 0 Å². The Morgan fingerprint density at radius 1 is 1.44 bits per heavy atom. The number of hydrogen-bond acceptors (Lipinski definition) is 5. The number of carboxylic acid groups (broad SMARTS) is 1. The first-order valence-electron chi connectivity index (χ1n) is 5.73. The minimum absolute atomic E-state index is 0.0363. The predicted octanol–water partition coefficient (Wildman–Crippen LogP) is 1.15. The van der Waals surface area contributed by atoms with Gasteiger partial charge >= 0.3 is 5.97 Å². The second kappa shape index (κ2) is 6.28. The first kappa shape index (κ1) is 13.5. The second-order valence-electron chi connectivity index (χ2n) is 4.11. The number of piperidine rings is 1. The highest BCUT2D eigenvalue weighted by molar-refractivity contribution is 14.1. The Labute approximate surface area is 118 Å². The van der Waals surface area contributed by atoms with E-state index in [1.54, 1.807) is 0 Å². The largest absolute Gasteiger partial charge is 0.480 e. The van der Waals surface area contributed by atoms with Gasteiger partial charge in [0.25, 0.3) is 0 Å². The molecule has 0 spiro atoms. The van der Waals surface area contributed by atoms with Gasteiger partial charge in [-0.25, -0.2) is 4.79 Å². The lowest BCUT2D eigenvalue weighted by Crippen LogP contribution is -2.38. The van der Waals surface area contributed by atoms with Gasteiger partial charge in [0.05, 0.1) is 6.10 Å².